The van der Waals surface area contributed by atoms with E-state index in [1.165, 1.54) is 5.56 Å². The molecule has 5 nitrogen and oxygen atoms in total. The topological polar surface area (TPSA) is 84.2 Å². The first-order chi connectivity index (χ1) is 11.9. The van der Waals surface area contributed by atoms with Crippen LogP contribution in [0.4, 0.5) is 0 Å². The number of carbonyl (C=O) groups excluding carboxylic acids is 2. The van der Waals surface area contributed by atoms with Gasteiger partial charge in [0.05, 0.1) is 0 Å². The van der Waals surface area contributed by atoms with Gasteiger partial charge in [0.15, 0.2) is 0 Å². The van der Waals surface area contributed by atoms with E-state index >= 15 is 0 Å². The molecule has 2 amide bonds. The van der Waals surface area contributed by atoms with Gasteiger partial charge >= 0.3 is 0 Å². The van der Waals surface area contributed by atoms with Crippen LogP contribution in [0.2, 0.25) is 0 Å². The van der Waals surface area contributed by atoms with Crippen molar-refractivity contribution < 1.29 is 9.59 Å². The normalized spacial score (nSPS) is 11.6. The summed E-state index contributed by atoms with van der Waals surface area (Å²) in [6, 6.07) is 15.1. The number of amides is 2. The van der Waals surface area contributed by atoms with E-state index in [-0.39, 0.29) is 24.3 Å². The fourth-order valence-corrected chi connectivity index (χ4v) is 2.38. The highest BCUT2D eigenvalue weighted by Crippen LogP contribution is 2.07. The van der Waals surface area contributed by atoms with Crippen molar-refractivity contribution in [2.24, 2.45) is 5.73 Å². The number of carbonyl (C=O) groups is 2. The summed E-state index contributed by atoms with van der Waals surface area (Å²) in [6.45, 7) is 4.68. The molecule has 25 heavy (non-hydrogen) atoms. The van der Waals surface area contributed by atoms with Crippen molar-refractivity contribution >= 4 is 11.8 Å². The number of rotatable bonds is 7. The maximum Gasteiger partial charge on any atom is 0.251 e. The Bertz CT molecular complexity index is 724. The molecule has 0 fully saturated rings. The van der Waals surface area contributed by atoms with E-state index in [4.69, 9.17) is 5.73 Å². The van der Waals surface area contributed by atoms with Crippen molar-refractivity contribution in [1.29, 1.82) is 0 Å². The molecule has 0 aliphatic carbocycles. The van der Waals surface area contributed by atoms with Crippen LogP contribution in [0, 0.1) is 6.92 Å². The van der Waals surface area contributed by atoms with Gasteiger partial charge in [-0.1, -0.05) is 42.0 Å². The highest BCUT2D eigenvalue weighted by Gasteiger charge is 2.08. The average Bonchev–Trinajstić information content (AvgIpc) is 2.59. The van der Waals surface area contributed by atoms with Gasteiger partial charge in [0.25, 0.3) is 5.91 Å². The molecule has 0 radical (unpaired) electrons. The molecule has 1 unspecified atom stereocenters. The van der Waals surface area contributed by atoms with Gasteiger partial charge in [0.2, 0.25) is 5.91 Å². The molecule has 2 rings (SSSR count). The van der Waals surface area contributed by atoms with Gasteiger partial charge in [-0.15, -0.1) is 0 Å². The second-order valence-electron chi connectivity index (χ2n) is 6.33. The predicted octanol–water partition coefficient (Wildman–Crippen LogP) is 2.28. The number of aryl methyl sites for hydroxylation is 1. The molecule has 2 aromatic carbocycles. The van der Waals surface area contributed by atoms with Crippen LogP contribution in [0.15, 0.2) is 48.5 Å². The van der Waals surface area contributed by atoms with Crippen LogP contribution in [0.25, 0.3) is 0 Å². The lowest BCUT2D eigenvalue weighted by molar-refractivity contribution is -0.121. The summed E-state index contributed by atoms with van der Waals surface area (Å²) in [5, 5.41) is 5.72. The van der Waals surface area contributed by atoms with E-state index < -0.39 is 0 Å². The fraction of sp³-hybridized carbons (Fsp3) is 0.300. The summed E-state index contributed by atoms with van der Waals surface area (Å²) >= 11 is 0. The summed E-state index contributed by atoms with van der Waals surface area (Å²) in [7, 11) is 0. The molecule has 0 aliphatic rings. The van der Waals surface area contributed by atoms with Crippen LogP contribution in [-0.2, 0) is 17.9 Å². The summed E-state index contributed by atoms with van der Waals surface area (Å²) in [5.74, 6) is -0.228. The van der Waals surface area contributed by atoms with E-state index in [0.717, 1.165) is 11.1 Å². The van der Waals surface area contributed by atoms with Gasteiger partial charge < -0.3 is 16.4 Å². The molecule has 132 valence electrons. The zero-order valence-corrected chi connectivity index (χ0v) is 14.7. The maximum atomic E-state index is 12.3. The van der Waals surface area contributed by atoms with Gasteiger partial charge in [0.1, 0.15) is 0 Å². The fourth-order valence-electron chi connectivity index (χ4n) is 2.38. The third-order valence-corrected chi connectivity index (χ3v) is 3.76. The Morgan fingerprint density at radius 3 is 2.36 bits per heavy atom. The van der Waals surface area contributed by atoms with Crippen LogP contribution in [0.1, 0.15) is 40.4 Å². The monoisotopic (exact) mass is 339 g/mol. The highest BCUT2D eigenvalue weighted by molar-refractivity contribution is 5.94. The van der Waals surface area contributed by atoms with E-state index in [1.807, 2.05) is 43.3 Å². The Kier molecular flexibility index (Phi) is 6.71. The lowest BCUT2D eigenvalue weighted by Gasteiger charge is -2.09. The van der Waals surface area contributed by atoms with Crippen molar-refractivity contribution in [3.05, 3.63) is 70.8 Å². The first-order valence-corrected chi connectivity index (χ1v) is 8.39. The van der Waals surface area contributed by atoms with Crippen molar-refractivity contribution in [2.75, 3.05) is 0 Å². The summed E-state index contributed by atoms with van der Waals surface area (Å²) in [4.78, 5) is 24.0. The molecule has 0 saturated heterocycles. The molecule has 0 bridgehead atoms. The Hall–Kier alpha value is -2.66. The lowest BCUT2D eigenvalue weighted by atomic mass is 10.1. The quantitative estimate of drug-likeness (QED) is 0.723. The molecule has 5 heteroatoms. The number of hydrogen-bond donors (Lipinski definition) is 3. The van der Waals surface area contributed by atoms with Gasteiger partial charge in [-0.05, 0) is 37.1 Å². The molecule has 0 aliphatic heterocycles. The second kappa shape index (κ2) is 8.99. The Labute approximate surface area is 148 Å². The number of hydrogen-bond acceptors (Lipinski definition) is 3. The van der Waals surface area contributed by atoms with Gasteiger partial charge in [0, 0.05) is 31.1 Å². The highest BCUT2D eigenvalue weighted by atomic mass is 16.2. The molecule has 1 atom stereocenters. The first-order valence-electron chi connectivity index (χ1n) is 8.39. The first kappa shape index (κ1) is 18.7. The molecular weight excluding hydrogens is 314 g/mol. The van der Waals surface area contributed by atoms with E-state index in [1.54, 1.807) is 19.1 Å². The largest absolute Gasteiger partial charge is 0.352 e. The average molecular weight is 339 g/mol. The predicted molar refractivity (Wildman–Crippen MR) is 98.9 cm³/mol. The Balaban J connectivity index is 1.89. The third kappa shape index (κ3) is 6.39. The molecule has 2 aromatic rings. The molecule has 0 aromatic heterocycles. The molecule has 0 spiro atoms. The number of nitrogens with one attached hydrogen (secondary N) is 2. The minimum Gasteiger partial charge on any atom is -0.352 e. The maximum absolute atomic E-state index is 12.3. The zero-order chi connectivity index (χ0) is 18.2. The minimum absolute atomic E-state index is 0.0933. The van der Waals surface area contributed by atoms with Crippen LogP contribution in [-0.4, -0.2) is 17.9 Å². The van der Waals surface area contributed by atoms with E-state index in [0.29, 0.717) is 18.7 Å². The van der Waals surface area contributed by atoms with Gasteiger partial charge in [-0.3, -0.25) is 9.59 Å². The third-order valence-electron chi connectivity index (χ3n) is 3.76. The van der Waals surface area contributed by atoms with Crippen molar-refractivity contribution in [3.63, 3.8) is 0 Å². The molecule has 4 N–H and O–H groups in total. The summed E-state index contributed by atoms with van der Waals surface area (Å²) in [5.41, 5.74) is 9.30. The standard InChI is InChI=1S/C20H25N3O2/c1-14-6-8-16(9-7-14)12-23-20(25)18-5-3-4-17(11-18)13-22-19(24)10-15(2)21/h3-9,11,15H,10,12-13,21H2,1-2H3,(H,22,24)(H,23,25). The van der Waals surface area contributed by atoms with Crippen molar-refractivity contribution in [3.8, 4) is 0 Å². The number of benzene rings is 2. The van der Waals surface area contributed by atoms with Crippen LogP contribution in [0.3, 0.4) is 0 Å². The van der Waals surface area contributed by atoms with Crippen LogP contribution >= 0.6 is 0 Å². The van der Waals surface area contributed by atoms with E-state index in [9.17, 15) is 9.59 Å². The minimum atomic E-state index is -0.168. The lowest BCUT2D eigenvalue weighted by Crippen LogP contribution is -2.29. The zero-order valence-electron chi connectivity index (χ0n) is 14.7. The van der Waals surface area contributed by atoms with Gasteiger partial charge in [-0.25, -0.2) is 0 Å². The van der Waals surface area contributed by atoms with Crippen molar-refractivity contribution in [1.82, 2.24) is 10.6 Å². The Morgan fingerprint density at radius 2 is 1.68 bits per heavy atom. The second-order valence-corrected chi connectivity index (χ2v) is 6.33. The SMILES string of the molecule is Cc1ccc(CNC(=O)c2cccc(CNC(=O)CC(C)N)c2)cc1. The van der Waals surface area contributed by atoms with Crippen LogP contribution < -0.4 is 16.4 Å². The number of nitrogens with two attached hydrogens (primary N) is 1. The van der Waals surface area contributed by atoms with E-state index in [2.05, 4.69) is 10.6 Å². The molecular formula is C20H25N3O2. The van der Waals surface area contributed by atoms with Gasteiger partial charge in [-0.2, -0.15) is 0 Å². The summed E-state index contributed by atoms with van der Waals surface area (Å²) < 4.78 is 0. The Morgan fingerprint density at radius 1 is 1.00 bits per heavy atom. The summed E-state index contributed by atoms with van der Waals surface area (Å²) in [6.07, 6.45) is 0.288. The van der Waals surface area contributed by atoms with Crippen LogP contribution in [0.5, 0.6) is 0 Å². The van der Waals surface area contributed by atoms with Crippen molar-refractivity contribution in [2.45, 2.75) is 39.4 Å². The molecule has 0 saturated carbocycles. The smallest absolute Gasteiger partial charge is 0.251 e. The molecule has 0 heterocycles.